The molecule has 84 valence electrons. The third kappa shape index (κ3) is 2.77. The minimum absolute atomic E-state index is 0.614. The molecule has 1 aromatic carbocycles. The Morgan fingerprint density at radius 2 is 2.06 bits per heavy atom. The van der Waals surface area contributed by atoms with Crippen molar-refractivity contribution in [3.63, 3.8) is 0 Å². The van der Waals surface area contributed by atoms with Gasteiger partial charge in [-0.1, -0.05) is 23.7 Å². The van der Waals surface area contributed by atoms with Crippen molar-refractivity contribution in [1.82, 2.24) is 10.1 Å². The highest BCUT2D eigenvalue weighted by molar-refractivity contribution is 7.98. The summed E-state index contributed by atoms with van der Waals surface area (Å²) in [5.41, 5.74) is 0.917. The minimum atomic E-state index is 0.614. The first-order chi connectivity index (χ1) is 7.79. The van der Waals surface area contributed by atoms with E-state index in [2.05, 4.69) is 17.1 Å². The molecule has 3 nitrogen and oxygen atoms in total. The van der Waals surface area contributed by atoms with Crippen molar-refractivity contribution in [3.05, 3.63) is 35.2 Å². The van der Waals surface area contributed by atoms with E-state index in [1.54, 1.807) is 11.8 Å². The van der Waals surface area contributed by atoms with Crippen LogP contribution >= 0.6 is 23.4 Å². The molecular weight excluding hydrogens is 244 g/mol. The quantitative estimate of drug-likeness (QED) is 0.835. The Kier molecular flexibility index (Phi) is 3.85. The van der Waals surface area contributed by atoms with E-state index < -0.39 is 0 Å². The molecule has 0 bridgehead atoms. The van der Waals surface area contributed by atoms with Crippen molar-refractivity contribution >= 4 is 23.4 Å². The van der Waals surface area contributed by atoms with Gasteiger partial charge in [-0.2, -0.15) is 16.7 Å². The van der Waals surface area contributed by atoms with E-state index in [1.165, 1.54) is 0 Å². The summed E-state index contributed by atoms with van der Waals surface area (Å²) in [5, 5.41) is 4.63. The molecule has 0 N–H and O–H groups in total. The van der Waals surface area contributed by atoms with Crippen LogP contribution in [0.5, 0.6) is 0 Å². The summed E-state index contributed by atoms with van der Waals surface area (Å²) < 4.78 is 5.14. The van der Waals surface area contributed by atoms with Crippen molar-refractivity contribution in [2.75, 3.05) is 5.75 Å². The van der Waals surface area contributed by atoms with Gasteiger partial charge in [0.05, 0.1) is 5.75 Å². The number of nitrogens with zero attached hydrogens (tertiary/aromatic N) is 2. The van der Waals surface area contributed by atoms with Crippen molar-refractivity contribution in [3.8, 4) is 11.4 Å². The number of thioether (sulfide) groups is 1. The van der Waals surface area contributed by atoms with Gasteiger partial charge in [-0.25, -0.2) is 0 Å². The number of hydrogen-bond acceptors (Lipinski definition) is 4. The lowest BCUT2D eigenvalue weighted by molar-refractivity contribution is 0.391. The summed E-state index contributed by atoms with van der Waals surface area (Å²) in [6.07, 6.45) is 0. The first kappa shape index (κ1) is 11.5. The molecule has 0 spiro atoms. The molecule has 5 heteroatoms. The Labute approximate surface area is 103 Å². The molecule has 0 saturated heterocycles. The van der Waals surface area contributed by atoms with Crippen molar-refractivity contribution in [2.24, 2.45) is 0 Å². The standard InChI is InChI=1S/C11H11ClN2OS/c1-2-16-7-10-13-11(14-15-10)8-3-5-9(12)6-4-8/h3-6H,2,7H2,1H3. The Hall–Kier alpha value is -1.00. The lowest BCUT2D eigenvalue weighted by atomic mass is 10.2. The van der Waals surface area contributed by atoms with E-state index >= 15 is 0 Å². The molecule has 0 amide bonds. The van der Waals surface area contributed by atoms with Gasteiger partial charge in [0.2, 0.25) is 11.7 Å². The molecule has 2 rings (SSSR count). The van der Waals surface area contributed by atoms with Crippen molar-refractivity contribution in [2.45, 2.75) is 12.7 Å². The summed E-state index contributed by atoms with van der Waals surface area (Å²) in [6.45, 7) is 2.10. The second kappa shape index (κ2) is 5.37. The minimum Gasteiger partial charge on any atom is -0.338 e. The van der Waals surface area contributed by atoms with E-state index in [9.17, 15) is 0 Å². The van der Waals surface area contributed by atoms with Gasteiger partial charge in [-0.3, -0.25) is 0 Å². The maximum atomic E-state index is 5.81. The van der Waals surface area contributed by atoms with Crippen LogP contribution in [-0.2, 0) is 5.75 Å². The predicted octanol–water partition coefficient (Wildman–Crippen LogP) is 3.64. The van der Waals surface area contributed by atoms with Gasteiger partial charge in [-0.15, -0.1) is 0 Å². The average molecular weight is 255 g/mol. The Morgan fingerprint density at radius 1 is 1.31 bits per heavy atom. The van der Waals surface area contributed by atoms with Gasteiger partial charge in [0, 0.05) is 10.6 Å². The molecule has 0 aliphatic rings. The molecule has 0 unspecified atom stereocenters. The maximum Gasteiger partial charge on any atom is 0.236 e. The summed E-state index contributed by atoms with van der Waals surface area (Å²) in [4.78, 5) is 4.31. The zero-order valence-electron chi connectivity index (χ0n) is 8.81. The third-order valence-electron chi connectivity index (χ3n) is 2.00. The predicted molar refractivity (Wildman–Crippen MR) is 66.6 cm³/mol. The summed E-state index contributed by atoms with van der Waals surface area (Å²) in [7, 11) is 0. The largest absolute Gasteiger partial charge is 0.338 e. The number of rotatable bonds is 4. The Balaban J connectivity index is 2.15. The summed E-state index contributed by atoms with van der Waals surface area (Å²) >= 11 is 7.56. The number of benzene rings is 1. The molecule has 0 atom stereocenters. The number of halogens is 1. The molecule has 0 radical (unpaired) electrons. The van der Waals surface area contributed by atoms with Crippen molar-refractivity contribution in [1.29, 1.82) is 0 Å². The maximum absolute atomic E-state index is 5.81. The van der Waals surface area contributed by atoms with Crippen LogP contribution in [0.15, 0.2) is 28.8 Å². The fraction of sp³-hybridized carbons (Fsp3) is 0.273. The lowest BCUT2D eigenvalue weighted by Crippen LogP contribution is -1.82. The average Bonchev–Trinajstić information content (AvgIpc) is 2.76. The molecule has 1 heterocycles. The second-order valence-corrected chi connectivity index (χ2v) is 4.87. The first-order valence-electron chi connectivity index (χ1n) is 4.96. The number of hydrogen-bond donors (Lipinski definition) is 0. The van der Waals surface area contributed by atoms with Crippen LogP contribution in [0.2, 0.25) is 5.02 Å². The molecule has 16 heavy (non-hydrogen) atoms. The molecule has 0 saturated carbocycles. The normalized spacial score (nSPS) is 10.6. The van der Waals surface area contributed by atoms with Crippen LogP contribution in [0.25, 0.3) is 11.4 Å². The molecular formula is C11H11ClN2OS. The van der Waals surface area contributed by atoms with Crippen LogP contribution in [0.3, 0.4) is 0 Å². The van der Waals surface area contributed by atoms with Crippen LogP contribution < -0.4 is 0 Å². The molecule has 1 aromatic heterocycles. The second-order valence-electron chi connectivity index (χ2n) is 3.16. The van der Waals surface area contributed by atoms with Gasteiger partial charge in [0.1, 0.15) is 0 Å². The Bertz CT molecular complexity index is 455. The molecule has 0 fully saturated rings. The van der Waals surface area contributed by atoms with Gasteiger partial charge < -0.3 is 4.52 Å². The van der Waals surface area contributed by atoms with Crippen LogP contribution in [0.1, 0.15) is 12.8 Å². The third-order valence-corrected chi connectivity index (χ3v) is 3.11. The smallest absolute Gasteiger partial charge is 0.236 e. The van der Waals surface area contributed by atoms with Crippen molar-refractivity contribution < 1.29 is 4.52 Å². The van der Waals surface area contributed by atoms with Crippen LogP contribution in [0.4, 0.5) is 0 Å². The fourth-order valence-electron chi connectivity index (χ4n) is 1.22. The van der Waals surface area contributed by atoms with Gasteiger partial charge in [0.15, 0.2) is 0 Å². The summed E-state index contributed by atoms with van der Waals surface area (Å²) in [6, 6.07) is 7.38. The zero-order chi connectivity index (χ0) is 11.4. The van der Waals surface area contributed by atoms with Gasteiger partial charge in [-0.05, 0) is 30.0 Å². The molecule has 0 aliphatic carbocycles. The highest BCUT2D eigenvalue weighted by Crippen LogP contribution is 2.19. The molecule has 0 aliphatic heterocycles. The monoisotopic (exact) mass is 254 g/mol. The van der Waals surface area contributed by atoms with E-state index in [1.807, 2.05) is 24.3 Å². The van der Waals surface area contributed by atoms with Gasteiger partial charge in [0.25, 0.3) is 0 Å². The van der Waals surface area contributed by atoms with Gasteiger partial charge >= 0.3 is 0 Å². The molecule has 2 aromatic rings. The fourth-order valence-corrected chi connectivity index (χ4v) is 1.84. The zero-order valence-corrected chi connectivity index (χ0v) is 10.4. The first-order valence-corrected chi connectivity index (χ1v) is 6.49. The SMILES string of the molecule is CCSCc1nc(-c2ccc(Cl)cc2)no1. The Morgan fingerprint density at radius 3 is 2.75 bits per heavy atom. The van der Waals surface area contributed by atoms with Crippen LogP contribution in [0, 0.1) is 0 Å². The van der Waals surface area contributed by atoms with E-state index in [0.717, 1.165) is 17.1 Å². The highest BCUT2D eigenvalue weighted by Gasteiger charge is 2.07. The topological polar surface area (TPSA) is 38.9 Å². The summed E-state index contributed by atoms with van der Waals surface area (Å²) in [5.74, 6) is 3.08. The van der Waals surface area contributed by atoms with E-state index in [-0.39, 0.29) is 0 Å². The van der Waals surface area contributed by atoms with E-state index in [4.69, 9.17) is 16.1 Å². The lowest BCUT2D eigenvalue weighted by Gasteiger charge is -1.93. The highest BCUT2D eigenvalue weighted by atomic mass is 35.5. The number of aromatic nitrogens is 2. The van der Waals surface area contributed by atoms with E-state index in [0.29, 0.717) is 16.7 Å². The van der Waals surface area contributed by atoms with Crippen LogP contribution in [-0.4, -0.2) is 15.9 Å².